The van der Waals surface area contributed by atoms with Crippen LogP contribution in [0.25, 0.3) is 0 Å². The largest absolute Gasteiger partial charge is 0.507 e. The fourth-order valence-electron chi connectivity index (χ4n) is 5.66. The van der Waals surface area contributed by atoms with Gasteiger partial charge in [0, 0.05) is 13.2 Å². The quantitative estimate of drug-likeness (QED) is 0.175. The van der Waals surface area contributed by atoms with Crippen molar-refractivity contribution in [2.75, 3.05) is 13.2 Å². The fraction of sp³-hybridized carbons (Fsp3) is 0.632. The summed E-state index contributed by atoms with van der Waals surface area (Å²) in [6.07, 6.45) is 1.17. The van der Waals surface area contributed by atoms with Crippen LogP contribution in [0.3, 0.4) is 0 Å². The molecule has 0 bridgehead atoms. The molecule has 2 aromatic rings. The lowest BCUT2D eigenvalue weighted by molar-refractivity contribution is -0.142. The Labute approximate surface area is 271 Å². The molecule has 0 aromatic heterocycles. The van der Waals surface area contributed by atoms with Gasteiger partial charge in [-0.1, -0.05) is 107 Å². The van der Waals surface area contributed by atoms with Crippen molar-refractivity contribution in [1.29, 1.82) is 0 Å². The number of benzene rings is 2. The third-order valence-electron chi connectivity index (χ3n) is 8.46. The second-order valence-corrected chi connectivity index (χ2v) is 16.7. The third-order valence-corrected chi connectivity index (χ3v) is 8.46. The van der Waals surface area contributed by atoms with Crippen LogP contribution in [-0.2, 0) is 48.8 Å². The number of aliphatic carboxylic acids is 2. The smallest absolute Gasteiger partial charge is 0.306 e. The zero-order chi connectivity index (χ0) is 34.7. The lowest BCUT2D eigenvalue weighted by Gasteiger charge is -2.28. The van der Waals surface area contributed by atoms with Crippen molar-refractivity contribution >= 4 is 11.9 Å². The van der Waals surface area contributed by atoms with Gasteiger partial charge in [-0.3, -0.25) is 9.59 Å². The van der Waals surface area contributed by atoms with E-state index >= 15 is 0 Å². The van der Waals surface area contributed by atoms with Crippen LogP contribution >= 0.6 is 0 Å². The van der Waals surface area contributed by atoms with E-state index in [0.717, 1.165) is 33.4 Å². The maximum atomic E-state index is 12.2. The monoisotopic (exact) mass is 626 g/mol. The molecule has 2 rings (SSSR count). The predicted molar refractivity (Wildman–Crippen MR) is 181 cm³/mol. The van der Waals surface area contributed by atoms with Crippen molar-refractivity contribution < 1.29 is 34.8 Å². The van der Waals surface area contributed by atoms with Crippen LogP contribution in [-0.4, -0.2) is 45.6 Å². The summed E-state index contributed by atoms with van der Waals surface area (Å²) in [5.41, 5.74) is 3.64. The molecule has 2 unspecified atom stereocenters. The topological polar surface area (TPSA) is 124 Å². The number of hydrogen-bond acceptors (Lipinski definition) is 5. The maximum absolute atomic E-state index is 12.2. The molecule has 0 aliphatic carbocycles. The van der Waals surface area contributed by atoms with E-state index in [4.69, 9.17) is 4.74 Å². The molecule has 0 saturated heterocycles. The van der Waals surface area contributed by atoms with Gasteiger partial charge in [0.1, 0.15) is 11.5 Å². The number of carboxylic acids is 2. The van der Waals surface area contributed by atoms with Gasteiger partial charge in [-0.2, -0.15) is 0 Å². The minimum absolute atomic E-state index is 0.196. The van der Waals surface area contributed by atoms with Gasteiger partial charge in [0.15, 0.2) is 0 Å². The molecule has 0 saturated carbocycles. The van der Waals surface area contributed by atoms with Crippen LogP contribution in [0.5, 0.6) is 11.5 Å². The minimum atomic E-state index is -0.915. The molecule has 45 heavy (non-hydrogen) atoms. The number of phenols is 2. The van der Waals surface area contributed by atoms with Gasteiger partial charge in [-0.25, -0.2) is 0 Å². The van der Waals surface area contributed by atoms with Gasteiger partial charge < -0.3 is 25.2 Å². The first kappa shape index (κ1) is 38.1. The molecule has 0 fully saturated rings. The van der Waals surface area contributed by atoms with Gasteiger partial charge in [0.25, 0.3) is 0 Å². The molecular weight excluding hydrogens is 568 g/mol. The number of carboxylic acid groups (broad SMARTS) is 2. The first-order chi connectivity index (χ1) is 20.3. The van der Waals surface area contributed by atoms with Gasteiger partial charge in [0.2, 0.25) is 0 Å². The molecule has 7 heteroatoms. The van der Waals surface area contributed by atoms with Gasteiger partial charge in [-0.05, 0) is 80.7 Å². The SMILES string of the molecule is CC(C)(C)c1cc(CC(CCOCCC(Cc2cc(C(C)(C)C)c(O)c(C(C)(C)C)c2)C(=O)O)C(=O)O)cc(C(C)(C)C)c1O. The van der Waals surface area contributed by atoms with Crippen LogP contribution in [0.2, 0.25) is 0 Å². The van der Waals surface area contributed by atoms with Crippen LogP contribution in [0.4, 0.5) is 0 Å². The summed E-state index contributed by atoms with van der Waals surface area (Å²) in [4.78, 5) is 24.4. The molecular formula is C38H58O7. The Morgan fingerprint density at radius 1 is 0.556 bits per heavy atom. The highest BCUT2D eigenvalue weighted by Gasteiger charge is 2.30. The molecule has 2 atom stereocenters. The standard InChI is InChI=1S/C38H58O7/c1-35(2,3)27-19-23(20-28(31(27)39)36(4,5)6)17-25(33(41)42)13-15-45-16-14-26(34(43)44)18-24-21-29(37(7,8)9)32(40)30(22-24)38(10,11)12/h19-22,25-26,39-40H,13-18H2,1-12H3,(H,41,42)(H,43,44). The van der Waals surface area contributed by atoms with Crippen molar-refractivity contribution in [3.05, 3.63) is 57.6 Å². The number of aromatic hydroxyl groups is 2. The summed E-state index contributed by atoms with van der Waals surface area (Å²) in [6, 6.07) is 7.66. The molecule has 0 aliphatic heterocycles. The van der Waals surface area contributed by atoms with Gasteiger partial charge in [-0.15, -0.1) is 0 Å². The van der Waals surface area contributed by atoms with E-state index in [1.165, 1.54) is 0 Å². The molecule has 0 radical (unpaired) electrons. The first-order valence-electron chi connectivity index (χ1n) is 16.1. The summed E-state index contributed by atoms with van der Waals surface area (Å²) in [7, 11) is 0. The normalized spacial score (nSPS) is 14.3. The van der Waals surface area contributed by atoms with E-state index in [-0.39, 0.29) is 59.2 Å². The number of ether oxygens (including phenoxy) is 1. The van der Waals surface area contributed by atoms with E-state index < -0.39 is 23.8 Å². The number of carbonyl (C=O) groups is 2. The molecule has 0 heterocycles. The average molecular weight is 627 g/mol. The number of hydrogen-bond donors (Lipinski definition) is 4. The Bertz CT molecular complexity index is 1170. The zero-order valence-corrected chi connectivity index (χ0v) is 29.7. The summed E-state index contributed by atoms with van der Waals surface area (Å²) in [5, 5.41) is 42.1. The van der Waals surface area contributed by atoms with Crippen molar-refractivity contribution in [3.63, 3.8) is 0 Å². The van der Waals surface area contributed by atoms with E-state index in [2.05, 4.69) is 0 Å². The van der Waals surface area contributed by atoms with Crippen molar-refractivity contribution in [2.45, 2.75) is 130 Å². The second kappa shape index (κ2) is 14.1. The minimum Gasteiger partial charge on any atom is -0.507 e. The summed E-state index contributed by atoms with van der Waals surface area (Å²) < 4.78 is 5.81. The average Bonchev–Trinajstić information content (AvgIpc) is 2.85. The molecule has 0 amide bonds. The van der Waals surface area contributed by atoms with Crippen molar-refractivity contribution in [2.24, 2.45) is 11.8 Å². The van der Waals surface area contributed by atoms with E-state index in [1.54, 1.807) is 0 Å². The Balaban J connectivity index is 2.14. The van der Waals surface area contributed by atoms with Crippen LogP contribution in [0.15, 0.2) is 24.3 Å². The Hall–Kier alpha value is -3.06. The van der Waals surface area contributed by atoms with Crippen molar-refractivity contribution in [3.8, 4) is 11.5 Å². The lowest BCUT2D eigenvalue weighted by atomic mass is 9.77. The maximum Gasteiger partial charge on any atom is 0.306 e. The Morgan fingerprint density at radius 2 is 0.800 bits per heavy atom. The van der Waals surface area contributed by atoms with Crippen LogP contribution in [0, 0.1) is 11.8 Å². The number of phenolic OH excluding ortho intramolecular Hbond substituents is 2. The third kappa shape index (κ3) is 10.5. The zero-order valence-electron chi connectivity index (χ0n) is 29.7. The number of rotatable bonds is 12. The molecule has 4 N–H and O–H groups in total. The summed E-state index contributed by atoms with van der Waals surface area (Å²) in [5.74, 6) is -2.68. The van der Waals surface area contributed by atoms with E-state index in [1.807, 2.05) is 107 Å². The predicted octanol–water partition coefficient (Wildman–Crippen LogP) is 8.27. The summed E-state index contributed by atoms with van der Waals surface area (Å²) in [6.45, 7) is 24.7. The Kier molecular flexibility index (Phi) is 12.0. The lowest BCUT2D eigenvalue weighted by Crippen LogP contribution is -2.23. The Morgan fingerprint density at radius 3 is 1.00 bits per heavy atom. The second-order valence-electron chi connectivity index (χ2n) is 16.7. The highest BCUT2D eigenvalue weighted by molar-refractivity contribution is 5.71. The van der Waals surface area contributed by atoms with E-state index in [0.29, 0.717) is 12.8 Å². The summed E-state index contributed by atoms with van der Waals surface area (Å²) >= 11 is 0. The molecule has 252 valence electrons. The fourth-order valence-corrected chi connectivity index (χ4v) is 5.66. The first-order valence-corrected chi connectivity index (χ1v) is 16.1. The van der Waals surface area contributed by atoms with Gasteiger partial charge >= 0.3 is 11.9 Å². The highest BCUT2D eigenvalue weighted by Crippen LogP contribution is 2.41. The van der Waals surface area contributed by atoms with Crippen LogP contribution in [0.1, 0.15) is 129 Å². The van der Waals surface area contributed by atoms with Crippen LogP contribution < -0.4 is 0 Å². The highest BCUT2D eigenvalue weighted by atomic mass is 16.5. The van der Waals surface area contributed by atoms with Crippen molar-refractivity contribution in [1.82, 2.24) is 0 Å². The molecule has 2 aromatic carbocycles. The molecule has 7 nitrogen and oxygen atoms in total. The molecule has 0 aliphatic rings. The van der Waals surface area contributed by atoms with E-state index in [9.17, 15) is 30.0 Å². The molecule has 0 spiro atoms. The van der Waals surface area contributed by atoms with Gasteiger partial charge in [0.05, 0.1) is 11.8 Å².